The number of benzene rings is 1. The Morgan fingerprint density at radius 3 is 2.47 bits per heavy atom. The molecule has 4 rings (SSSR count). The largest absolute Gasteiger partial charge is 0.478 e. The van der Waals surface area contributed by atoms with Crippen LogP contribution in [-0.2, 0) is 0 Å². The van der Waals surface area contributed by atoms with Crippen LogP contribution in [-0.4, -0.2) is 44.8 Å². The summed E-state index contributed by atoms with van der Waals surface area (Å²) in [5.74, 6) is -1.48. The standard InChI is InChI=1S/C17H10Br2Cl2N4O3.C3H7N/c1-24(14-9(17(27)28)5-8(20)6-10(14)18)16(26)12-7-13(19)23-25(12)15-11(21)3-2-4-22-15;4-3-1-2-3/h2-7H,1H3,(H,27,28);3H,1-2,4H2. The van der Waals surface area contributed by atoms with Crippen molar-refractivity contribution in [3.05, 3.63) is 66.9 Å². The summed E-state index contributed by atoms with van der Waals surface area (Å²) in [6, 6.07) is 8.14. The Morgan fingerprint density at radius 1 is 1.25 bits per heavy atom. The van der Waals surface area contributed by atoms with Crippen molar-refractivity contribution in [3.63, 3.8) is 0 Å². The lowest BCUT2D eigenvalue weighted by atomic mass is 10.1. The van der Waals surface area contributed by atoms with Crippen molar-refractivity contribution < 1.29 is 14.7 Å². The first-order valence-electron chi connectivity index (χ1n) is 9.22. The second-order valence-corrected chi connectivity index (χ2v) is 9.37. The van der Waals surface area contributed by atoms with Gasteiger partial charge in [-0.25, -0.2) is 14.5 Å². The van der Waals surface area contributed by atoms with E-state index in [4.69, 9.17) is 28.9 Å². The number of anilines is 1. The zero-order valence-electron chi connectivity index (χ0n) is 16.6. The van der Waals surface area contributed by atoms with Crippen LogP contribution >= 0.6 is 55.1 Å². The van der Waals surface area contributed by atoms with Gasteiger partial charge in [0.05, 0.1) is 16.3 Å². The molecular weight excluding hydrogens is 589 g/mol. The summed E-state index contributed by atoms with van der Waals surface area (Å²) < 4.78 is 2.03. The second-order valence-electron chi connectivity index (χ2n) is 6.86. The highest BCUT2D eigenvalue weighted by atomic mass is 79.9. The Labute approximate surface area is 210 Å². The highest BCUT2D eigenvalue weighted by Crippen LogP contribution is 2.34. The third kappa shape index (κ3) is 5.68. The molecule has 0 spiro atoms. The maximum Gasteiger partial charge on any atom is 0.337 e. The smallest absolute Gasteiger partial charge is 0.337 e. The normalized spacial score (nSPS) is 12.7. The molecule has 3 N–H and O–H groups in total. The molecule has 1 saturated carbocycles. The van der Waals surface area contributed by atoms with Crippen molar-refractivity contribution in [2.75, 3.05) is 11.9 Å². The summed E-state index contributed by atoms with van der Waals surface area (Å²) in [7, 11) is 1.45. The summed E-state index contributed by atoms with van der Waals surface area (Å²) in [6.07, 6.45) is 4.05. The van der Waals surface area contributed by atoms with Crippen LogP contribution in [0.1, 0.15) is 33.7 Å². The maximum atomic E-state index is 13.2. The molecule has 1 aliphatic rings. The molecule has 2 heterocycles. The van der Waals surface area contributed by atoms with E-state index in [0.29, 0.717) is 20.1 Å². The van der Waals surface area contributed by atoms with Crippen molar-refractivity contribution in [1.82, 2.24) is 14.8 Å². The van der Waals surface area contributed by atoms with Gasteiger partial charge in [-0.05, 0) is 69.0 Å². The number of aromatic nitrogens is 3. The first kappa shape index (κ1) is 24.7. The number of halogens is 4. The highest BCUT2D eigenvalue weighted by Gasteiger charge is 2.27. The summed E-state index contributed by atoms with van der Waals surface area (Å²) >= 11 is 18.7. The van der Waals surface area contributed by atoms with E-state index >= 15 is 0 Å². The van der Waals surface area contributed by atoms with Gasteiger partial charge in [0.25, 0.3) is 5.91 Å². The van der Waals surface area contributed by atoms with Gasteiger partial charge in [0.15, 0.2) is 5.82 Å². The molecule has 0 bridgehead atoms. The Kier molecular flexibility index (Phi) is 7.94. The number of carboxylic acid groups (broad SMARTS) is 1. The molecule has 0 saturated heterocycles. The molecular formula is C20H17Br2Cl2N5O3. The fourth-order valence-electron chi connectivity index (χ4n) is 2.64. The number of rotatable bonds is 4. The van der Waals surface area contributed by atoms with Crippen LogP contribution in [0.25, 0.3) is 5.82 Å². The Morgan fingerprint density at radius 2 is 1.91 bits per heavy atom. The van der Waals surface area contributed by atoms with Gasteiger partial charge in [-0.15, -0.1) is 0 Å². The summed E-state index contributed by atoms with van der Waals surface area (Å²) in [4.78, 5) is 30.2. The quantitative estimate of drug-likeness (QED) is 0.424. The fourth-order valence-corrected chi connectivity index (χ4v) is 4.29. The van der Waals surface area contributed by atoms with Crippen molar-refractivity contribution in [2.45, 2.75) is 18.9 Å². The van der Waals surface area contributed by atoms with Crippen LogP contribution in [0.3, 0.4) is 0 Å². The average Bonchev–Trinajstić information content (AvgIpc) is 3.42. The number of carboxylic acids is 1. The van der Waals surface area contributed by atoms with Gasteiger partial charge >= 0.3 is 5.97 Å². The minimum absolute atomic E-state index is 0.128. The number of hydrogen-bond donors (Lipinski definition) is 2. The van der Waals surface area contributed by atoms with Crippen LogP contribution in [0.15, 0.2) is 45.6 Å². The lowest BCUT2D eigenvalue weighted by molar-refractivity contribution is 0.0697. The lowest BCUT2D eigenvalue weighted by Crippen LogP contribution is -2.30. The van der Waals surface area contributed by atoms with Crippen LogP contribution in [0, 0.1) is 0 Å². The first-order valence-corrected chi connectivity index (χ1v) is 11.6. The third-order valence-corrected chi connectivity index (χ3v) is 5.86. The van der Waals surface area contributed by atoms with Gasteiger partial charge in [-0.1, -0.05) is 23.2 Å². The molecule has 0 aliphatic heterocycles. The Hall–Kier alpha value is -1.98. The van der Waals surface area contributed by atoms with Gasteiger partial charge in [0, 0.05) is 34.8 Å². The number of pyridine rings is 1. The third-order valence-electron chi connectivity index (χ3n) is 4.36. The monoisotopic (exact) mass is 603 g/mol. The molecule has 168 valence electrons. The molecule has 12 heteroatoms. The number of carbonyl (C=O) groups is 2. The predicted octanol–water partition coefficient (Wildman–Crippen LogP) is 5.18. The zero-order chi connectivity index (χ0) is 23.6. The van der Waals surface area contributed by atoms with E-state index in [0.717, 1.165) is 0 Å². The minimum Gasteiger partial charge on any atom is -0.478 e. The van der Waals surface area contributed by atoms with E-state index in [1.165, 1.54) is 53.9 Å². The van der Waals surface area contributed by atoms with Crippen molar-refractivity contribution in [2.24, 2.45) is 5.73 Å². The van der Waals surface area contributed by atoms with Crippen molar-refractivity contribution in [3.8, 4) is 5.82 Å². The highest BCUT2D eigenvalue weighted by molar-refractivity contribution is 9.10. The molecule has 1 fully saturated rings. The number of amides is 1. The van der Waals surface area contributed by atoms with Gasteiger partial charge in [-0.2, -0.15) is 5.10 Å². The van der Waals surface area contributed by atoms with Gasteiger partial charge in [-0.3, -0.25) is 4.79 Å². The molecule has 1 amide bonds. The summed E-state index contributed by atoms with van der Waals surface area (Å²) in [5.41, 5.74) is 5.38. The van der Waals surface area contributed by atoms with E-state index < -0.39 is 11.9 Å². The number of hydrogen-bond acceptors (Lipinski definition) is 5. The molecule has 0 atom stereocenters. The van der Waals surface area contributed by atoms with Crippen LogP contribution in [0.2, 0.25) is 10.0 Å². The maximum absolute atomic E-state index is 13.2. The molecule has 1 aliphatic carbocycles. The minimum atomic E-state index is -1.22. The van der Waals surface area contributed by atoms with Gasteiger partial charge < -0.3 is 15.7 Å². The van der Waals surface area contributed by atoms with Crippen LogP contribution < -0.4 is 10.6 Å². The Bertz CT molecular complexity index is 1180. The first-order chi connectivity index (χ1) is 15.1. The summed E-state index contributed by atoms with van der Waals surface area (Å²) in [6.45, 7) is 0. The molecule has 0 radical (unpaired) electrons. The summed E-state index contributed by atoms with van der Waals surface area (Å²) in [5, 5.41) is 14.3. The van der Waals surface area contributed by atoms with E-state index in [-0.39, 0.29) is 27.8 Å². The molecule has 8 nitrogen and oxygen atoms in total. The molecule has 1 aromatic carbocycles. The van der Waals surface area contributed by atoms with E-state index in [9.17, 15) is 14.7 Å². The topological polar surface area (TPSA) is 114 Å². The van der Waals surface area contributed by atoms with Crippen molar-refractivity contribution >= 4 is 72.6 Å². The van der Waals surface area contributed by atoms with E-state index in [2.05, 4.69) is 41.9 Å². The molecule has 0 unspecified atom stereocenters. The van der Waals surface area contributed by atoms with Gasteiger partial charge in [0.2, 0.25) is 0 Å². The number of nitrogens with two attached hydrogens (primary N) is 1. The zero-order valence-corrected chi connectivity index (χ0v) is 21.3. The van der Waals surface area contributed by atoms with E-state index in [1.54, 1.807) is 12.1 Å². The number of aromatic carboxylic acids is 1. The SMILES string of the molecule is CN(C(=O)c1cc(Br)nn1-c1ncccc1Cl)c1c(Br)cc(Cl)cc1C(=O)O.NC1CC1. The number of nitrogens with zero attached hydrogens (tertiary/aromatic N) is 4. The molecule has 2 aromatic heterocycles. The predicted molar refractivity (Wildman–Crippen MR) is 130 cm³/mol. The van der Waals surface area contributed by atoms with E-state index in [1.807, 2.05) is 0 Å². The number of carbonyl (C=O) groups excluding carboxylic acids is 1. The van der Waals surface area contributed by atoms with Crippen LogP contribution in [0.4, 0.5) is 5.69 Å². The lowest BCUT2D eigenvalue weighted by Gasteiger charge is -2.21. The Balaban J connectivity index is 0.000000650. The fraction of sp³-hybridized carbons (Fsp3) is 0.200. The van der Waals surface area contributed by atoms with Gasteiger partial charge in [0.1, 0.15) is 10.3 Å². The molecule has 32 heavy (non-hydrogen) atoms. The molecule has 3 aromatic rings. The second kappa shape index (κ2) is 10.3. The van der Waals surface area contributed by atoms with Crippen LogP contribution in [0.5, 0.6) is 0 Å². The average molecular weight is 606 g/mol. The van der Waals surface area contributed by atoms with Crippen molar-refractivity contribution in [1.29, 1.82) is 0 Å².